The van der Waals surface area contributed by atoms with Crippen LogP contribution in [-0.2, 0) is 6.61 Å². The summed E-state index contributed by atoms with van der Waals surface area (Å²) in [5.74, 6) is 0.560. The molecule has 0 saturated heterocycles. The first kappa shape index (κ1) is 13.7. The van der Waals surface area contributed by atoms with E-state index in [1.165, 1.54) is 0 Å². The fourth-order valence-electron chi connectivity index (χ4n) is 1.58. The SMILES string of the molecule is N=C(N)c1cccc(COc2cc(Cl)ccc2Cl)c1. The average molecular weight is 295 g/mol. The highest BCUT2D eigenvalue weighted by Crippen LogP contribution is 2.28. The Balaban J connectivity index is 2.12. The minimum Gasteiger partial charge on any atom is -0.487 e. The summed E-state index contributed by atoms with van der Waals surface area (Å²) in [5.41, 5.74) is 7.01. The van der Waals surface area contributed by atoms with E-state index in [4.69, 9.17) is 39.1 Å². The predicted octanol–water partition coefficient (Wildman–Crippen LogP) is 3.86. The first-order valence-electron chi connectivity index (χ1n) is 5.57. The summed E-state index contributed by atoms with van der Waals surface area (Å²) in [4.78, 5) is 0. The summed E-state index contributed by atoms with van der Waals surface area (Å²) in [6.45, 7) is 0.335. The molecule has 0 amide bonds. The Morgan fingerprint density at radius 1 is 1.16 bits per heavy atom. The van der Waals surface area contributed by atoms with Gasteiger partial charge in [-0.2, -0.15) is 0 Å². The summed E-state index contributed by atoms with van der Waals surface area (Å²) < 4.78 is 5.61. The van der Waals surface area contributed by atoms with Crippen LogP contribution in [0.1, 0.15) is 11.1 Å². The van der Waals surface area contributed by atoms with Gasteiger partial charge in [0.1, 0.15) is 18.2 Å². The van der Waals surface area contributed by atoms with Crippen molar-refractivity contribution in [3.05, 3.63) is 63.6 Å². The molecule has 0 fully saturated rings. The van der Waals surface area contributed by atoms with Gasteiger partial charge in [0.15, 0.2) is 0 Å². The lowest BCUT2D eigenvalue weighted by Crippen LogP contribution is -2.11. The van der Waals surface area contributed by atoms with Crippen LogP contribution in [0.5, 0.6) is 5.75 Å². The smallest absolute Gasteiger partial charge is 0.139 e. The number of nitrogen functional groups attached to an aromatic ring is 1. The van der Waals surface area contributed by atoms with Gasteiger partial charge in [-0.25, -0.2) is 0 Å². The van der Waals surface area contributed by atoms with E-state index < -0.39 is 0 Å². The molecule has 0 heterocycles. The Labute approximate surface area is 121 Å². The van der Waals surface area contributed by atoms with Crippen molar-refractivity contribution in [2.75, 3.05) is 0 Å². The number of nitrogens with two attached hydrogens (primary N) is 1. The van der Waals surface area contributed by atoms with Crippen molar-refractivity contribution in [2.45, 2.75) is 6.61 Å². The molecular formula is C14H12Cl2N2O. The molecule has 0 saturated carbocycles. The van der Waals surface area contributed by atoms with Crippen LogP contribution in [-0.4, -0.2) is 5.84 Å². The Morgan fingerprint density at radius 2 is 1.95 bits per heavy atom. The van der Waals surface area contributed by atoms with Crippen LogP contribution >= 0.6 is 23.2 Å². The number of hydrogen-bond acceptors (Lipinski definition) is 2. The van der Waals surface area contributed by atoms with Gasteiger partial charge in [-0.05, 0) is 23.8 Å². The van der Waals surface area contributed by atoms with E-state index in [9.17, 15) is 0 Å². The van der Waals surface area contributed by atoms with Crippen molar-refractivity contribution in [1.82, 2.24) is 0 Å². The van der Waals surface area contributed by atoms with Crippen molar-refractivity contribution in [3.8, 4) is 5.75 Å². The van der Waals surface area contributed by atoms with Gasteiger partial charge in [0.2, 0.25) is 0 Å². The minimum atomic E-state index is 0.0302. The zero-order valence-corrected chi connectivity index (χ0v) is 11.5. The molecule has 2 rings (SSSR count). The van der Waals surface area contributed by atoms with Crippen LogP contribution in [0.4, 0.5) is 0 Å². The van der Waals surface area contributed by atoms with Crippen molar-refractivity contribution >= 4 is 29.0 Å². The molecule has 0 atom stereocenters. The normalized spacial score (nSPS) is 10.2. The second-order valence-corrected chi connectivity index (χ2v) is 4.82. The van der Waals surface area contributed by atoms with E-state index in [0.717, 1.165) is 5.56 Å². The van der Waals surface area contributed by atoms with Gasteiger partial charge in [0.25, 0.3) is 0 Å². The Morgan fingerprint density at radius 3 is 2.68 bits per heavy atom. The summed E-state index contributed by atoms with van der Waals surface area (Å²) in [6, 6.07) is 12.4. The molecule has 0 aliphatic carbocycles. The molecule has 0 radical (unpaired) electrons. The molecule has 98 valence electrons. The predicted molar refractivity (Wildman–Crippen MR) is 78.3 cm³/mol. The minimum absolute atomic E-state index is 0.0302. The van der Waals surface area contributed by atoms with Gasteiger partial charge in [-0.3, -0.25) is 5.41 Å². The maximum absolute atomic E-state index is 7.39. The van der Waals surface area contributed by atoms with Crippen molar-refractivity contribution < 1.29 is 4.74 Å². The van der Waals surface area contributed by atoms with Crippen LogP contribution in [0.2, 0.25) is 10.0 Å². The van der Waals surface area contributed by atoms with Crippen LogP contribution in [0.15, 0.2) is 42.5 Å². The molecule has 0 aliphatic rings. The quantitative estimate of drug-likeness (QED) is 0.664. The summed E-state index contributed by atoms with van der Waals surface area (Å²) in [6.07, 6.45) is 0. The Bertz CT molecular complexity index is 614. The van der Waals surface area contributed by atoms with E-state index in [2.05, 4.69) is 0 Å². The van der Waals surface area contributed by atoms with Crippen molar-refractivity contribution in [2.24, 2.45) is 5.73 Å². The molecule has 2 aromatic rings. The highest BCUT2D eigenvalue weighted by molar-refractivity contribution is 6.34. The fraction of sp³-hybridized carbons (Fsp3) is 0.0714. The van der Waals surface area contributed by atoms with E-state index in [-0.39, 0.29) is 5.84 Å². The highest BCUT2D eigenvalue weighted by Gasteiger charge is 2.04. The number of rotatable bonds is 4. The number of ether oxygens (including phenoxy) is 1. The lowest BCUT2D eigenvalue weighted by atomic mass is 10.1. The second kappa shape index (κ2) is 5.95. The van der Waals surface area contributed by atoms with Crippen molar-refractivity contribution in [3.63, 3.8) is 0 Å². The van der Waals surface area contributed by atoms with E-state index in [1.54, 1.807) is 30.3 Å². The third-order valence-corrected chi connectivity index (χ3v) is 3.07. The Kier molecular flexibility index (Phi) is 4.30. The maximum atomic E-state index is 7.39. The lowest BCUT2D eigenvalue weighted by Gasteiger charge is -2.09. The van der Waals surface area contributed by atoms with Crippen LogP contribution in [0.25, 0.3) is 0 Å². The first-order chi connectivity index (χ1) is 9.06. The number of amidine groups is 1. The Hall–Kier alpha value is -1.71. The largest absolute Gasteiger partial charge is 0.487 e. The van der Waals surface area contributed by atoms with E-state index in [0.29, 0.717) is 28.0 Å². The van der Waals surface area contributed by atoms with Gasteiger partial charge in [0, 0.05) is 16.7 Å². The molecule has 19 heavy (non-hydrogen) atoms. The topological polar surface area (TPSA) is 59.1 Å². The zero-order chi connectivity index (χ0) is 13.8. The molecule has 0 unspecified atom stereocenters. The zero-order valence-electron chi connectivity index (χ0n) is 9.99. The summed E-state index contributed by atoms with van der Waals surface area (Å²) >= 11 is 11.9. The molecule has 2 aromatic carbocycles. The van der Waals surface area contributed by atoms with Gasteiger partial charge < -0.3 is 10.5 Å². The van der Waals surface area contributed by atoms with E-state index >= 15 is 0 Å². The average Bonchev–Trinajstić information content (AvgIpc) is 2.40. The molecule has 0 bridgehead atoms. The molecule has 0 aromatic heterocycles. The maximum Gasteiger partial charge on any atom is 0.139 e. The monoisotopic (exact) mass is 294 g/mol. The number of halogens is 2. The van der Waals surface area contributed by atoms with Gasteiger partial charge in [-0.15, -0.1) is 0 Å². The van der Waals surface area contributed by atoms with Crippen LogP contribution in [0, 0.1) is 5.41 Å². The number of hydrogen-bond donors (Lipinski definition) is 2. The standard InChI is InChI=1S/C14H12Cl2N2O/c15-11-4-5-12(16)13(7-11)19-8-9-2-1-3-10(6-9)14(17)18/h1-7H,8H2,(H3,17,18). The number of benzene rings is 2. The molecule has 3 N–H and O–H groups in total. The van der Waals surface area contributed by atoms with E-state index in [1.807, 2.05) is 12.1 Å². The fourth-order valence-corrected chi connectivity index (χ4v) is 1.91. The van der Waals surface area contributed by atoms with Crippen molar-refractivity contribution in [1.29, 1.82) is 5.41 Å². The molecule has 0 spiro atoms. The molecular weight excluding hydrogens is 283 g/mol. The lowest BCUT2D eigenvalue weighted by molar-refractivity contribution is 0.306. The molecule has 3 nitrogen and oxygen atoms in total. The highest BCUT2D eigenvalue weighted by atomic mass is 35.5. The third kappa shape index (κ3) is 3.63. The first-order valence-corrected chi connectivity index (χ1v) is 6.33. The van der Waals surface area contributed by atoms with Gasteiger partial charge in [0.05, 0.1) is 5.02 Å². The summed E-state index contributed by atoms with van der Waals surface area (Å²) in [7, 11) is 0. The molecule has 5 heteroatoms. The van der Waals surface area contributed by atoms with Gasteiger partial charge in [-0.1, -0.05) is 41.4 Å². The third-order valence-electron chi connectivity index (χ3n) is 2.53. The number of nitrogens with one attached hydrogen (secondary N) is 1. The second-order valence-electron chi connectivity index (χ2n) is 3.98. The molecule has 0 aliphatic heterocycles. The van der Waals surface area contributed by atoms with Crippen LogP contribution in [0.3, 0.4) is 0 Å². The summed E-state index contributed by atoms with van der Waals surface area (Å²) in [5, 5.41) is 8.46. The van der Waals surface area contributed by atoms with Crippen LogP contribution < -0.4 is 10.5 Å². The van der Waals surface area contributed by atoms with Gasteiger partial charge >= 0.3 is 0 Å².